The average molecular weight is 270 g/mol. The number of piperidine rings is 1. The van der Waals surface area contributed by atoms with Crippen molar-refractivity contribution in [1.82, 2.24) is 19.0 Å². The van der Waals surface area contributed by atoms with Gasteiger partial charge in [-0.3, -0.25) is 0 Å². The molecular formula is C11H18N4O2S. The average Bonchev–Trinajstić information content (AvgIpc) is 2.38. The fourth-order valence-electron chi connectivity index (χ4n) is 1.97. The summed E-state index contributed by atoms with van der Waals surface area (Å²) in [5.74, 6) is 0.643. The maximum atomic E-state index is 12.0. The van der Waals surface area contributed by atoms with Crippen molar-refractivity contribution in [1.29, 1.82) is 0 Å². The van der Waals surface area contributed by atoms with Gasteiger partial charge in [-0.25, -0.2) is 9.97 Å². The van der Waals surface area contributed by atoms with Gasteiger partial charge in [-0.2, -0.15) is 17.4 Å². The highest BCUT2D eigenvalue weighted by Gasteiger charge is 2.23. The van der Waals surface area contributed by atoms with Gasteiger partial charge in [0, 0.05) is 19.3 Å². The molecule has 100 valence electrons. The highest BCUT2D eigenvalue weighted by molar-refractivity contribution is 7.87. The van der Waals surface area contributed by atoms with Crippen LogP contribution in [0.4, 0.5) is 0 Å². The SMILES string of the molecule is Cc1nccc(CNS(=O)(=O)N2CCCCC2)n1. The first-order chi connectivity index (χ1) is 8.58. The van der Waals surface area contributed by atoms with Gasteiger partial charge < -0.3 is 0 Å². The zero-order valence-electron chi connectivity index (χ0n) is 10.5. The second kappa shape index (κ2) is 5.73. The van der Waals surface area contributed by atoms with Crippen LogP contribution in [0.1, 0.15) is 30.8 Å². The Labute approximate surface area is 108 Å². The van der Waals surface area contributed by atoms with E-state index in [0.717, 1.165) is 19.3 Å². The lowest BCUT2D eigenvalue weighted by molar-refractivity contribution is 0.341. The van der Waals surface area contributed by atoms with Crippen molar-refractivity contribution in [3.8, 4) is 0 Å². The summed E-state index contributed by atoms with van der Waals surface area (Å²) in [6.45, 7) is 3.21. The lowest BCUT2D eigenvalue weighted by atomic mass is 10.2. The lowest BCUT2D eigenvalue weighted by Crippen LogP contribution is -2.43. The molecular weight excluding hydrogens is 252 g/mol. The molecule has 0 atom stereocenters. The molecule has 7 heteroatoms. The molecule has 1 aliphatic rings. The van der Waals surface area contributed by atoms with Crippen LogP contribution in [0.3, 0.4) is 0 Å². The van der Waals surface area contributed by atoms with E-state index in [0.29, 0.717) is 24.6 Å². The van der Waals surface area contributed by atoms with Crippen molar-refractivity contribution in [2.75, 3.05) is 13.1 Å². The second-order valence-corrected chi connectivity index (χ2v) is 6.14. The van der Waals surface area contributed by atoms with Crippen LogP contribution in [0.15, 0.2) is 12.3 Å². The molecule has 1 saturated heterocycles. The number of hydrogen-bond donors (Lipinski definition) is 1. The van der Waals surface area contributed by atoms with Gasteiger partial charge in [-0.15, -0.1) is 0 Å². The summed E-state index contributed by atoms with van der Waals surface area (Å²) in [5, 5.41) is 0. The molecule has 2 heterocycles. The topological polar surface area (TPSA) is 75.2 Å². The van der Waals surface area contributed by atoms with E-state index in [1.165, 1.54) is 4.31 Å². The van der Waals surface area contributed by atoms with Crippen molar-refractivity contribution < 1.29 is 8.42 Å². The number of rotatable bonds is 4. The molecule has 2 rings (SSSR count). The van der Waals surface area contributed by atoms with Gasteiger partial charge >= 0.3 is 0 Å². The number of aromatic nitrogens is 2. The van der Waals surface area contributed by atoms with Gasteiger partial charge in [0.15, 0.2) is 0 Å². The zero-order chi connectivity index (χ0) is 13.0. The molecule has 1 aliphatic heterocycles. The number of aryl methyl sites for hydroxylation is 1. The molecule has 0 radical (unpaired) electrons. The van der Waals surface area contributed by atoms with Crippen molar-refractivity contribution in [2.24, 2.45) is 0 Å². The molecule has 0 unspecified atom stereocenters. The summed E-state index contributed by atoms with van der Waals surface area (Å²) in [6, 6.07) is 1.71. The van der Waals surface area contributed by atoms with Crippen LogP contribution >= 0.6 is 0 Å². The summed E-state index contributed by atoms with van der Waals surface area (Å²) >= 11 is 0. The fraction of sp³-hybridized carbons (Fsp3) is 0.636. The quantitative estimate of drug-likeness (QED) is 0.869. The molecule has 0 aromatic carbocycles. The zero-order valence-corrected chi connectivity index (χ0v) is 11.3. The van der Waals surface area contributed by atoms with E-state index >= 15 is 0 Å². The number of nitrogens with zero attached hydrogens (tertiary/aromatic N) is 3. The Morgan fingerprint density at radius 2 is 2.06 bits per heavy atom. The molecule has 0 amide bonds. The Morgan fingerprint density at radius 3 is 2.72 bits per heavy atom. The van der Waals surface area contributed by atoms with E-state index < -0.39 is 10.2 Å². The summed E-state index contributed by atoms with van der Waals surface area (Å²) in [6.07, 6.45) is 4.62. The van der Waals surface area contributed by atoms with Crippen LogP contribution < -0.4 is 4.72 Å². The molecule has 1 aromatic rings. The molecule has 0 bridgehead atoms. The van der Waals surface area contributed by atoms with Crippen LogP contribution in [0.25, 0.3) is 0 Å². The Morgan fingerprint density at radius 1 is 1.33 bits per heavy atom. The van der Waals surface area contributed by atoms with Gasteiger partial charge in [0.2, 0.25) is 0 Å². The van der Waals surface area contributed by atoms with E-state index in [2.05, 4.69) is 14.7 Å². The Kier molecular flexibility index (Phi) is 4.26. The van der Waals surface area contributed by atoms with Crippen molar-refractivity contribution in [2.45, 2.75) is 32.7 Å². The third-order valence-corrected chi connectivity index (χ3v) is 4.48. The minimum atomic E-state index is -3.37. The minimum Gasteiger partial charge on any atom is -0.242 e. The first-order valence-corrected chi connectivity index (χ1v) is 7.55. The van der Waals surface area contributed by atoms with Crippen LogP contribution in [0.5, 0.6) is 0 Å². The highest BCUT2D eigenvalue weighted by atomic mass is 32.2. The number of hydrogen-bond acceptors (Lipinski definition) is 4. The molecule has 1 aromatic heterocycles. The second-order valence-electron chi connectivity index (χ2n) is 4.38. The lowest BCUT2D eigenvalue weighted by Gasteiger charge is -2.25. The molecule has 0 aliphatic carbocycles. The van der Waals surface area contributed by atoms with Gasteiger partial charge in [0.05, 0.1) is 12.2 Å². The highest BCUT2D eigenvalue weighted by Crippen LogP contribution is 2.12. The van der Waals surface area contributed by atoms with Gasteiger partial charge in [-0.05, 0) is 25.8 Å². The van der Waals surface area contributed by atoms with Gasteiger partial charge in [0.25, 0.3) is 10.2 Å². The van der Waals surface area contributed by atoms with Crippen LogP contribution in [-0.4, -0.2) is 35.8 Å². The largest absolute Gasteiger partial charge is 0.279 e. The standard InChI is InChI=1S/C11H18N4O2S/c1-10-12-6-5-11(14-10)9-13-18(16,17)15-7-3-2-4-8-15/h5-6,13H,2-4,7-9H2,1H3. The molecule has 1 N–H and O–H groups in total. The Bertz CT molecular complexity index is 498. The summed E-state index contributed by atoms with van der Waals surface area (Å²) in [4.78, 5) is 8.14. The van der Waals surface area contributed by atoms with Crippen molar-refractivity contribution in [3.63, 3.8) is 0 Å². The van der Waals surface area contributed by atoms with Crippen molar-refractivity contribution >= 4 is 10.2 Å². The maximum absolute atomic E-state index is 12.0. The molecule has 0 saturated carbocycles. The Balaban J connectivity index is 1.96. The predicted molar refractivity (Wildman–Crippen MR) is 68.0 cm³/mol. The third-order valence-electron chi connectivity index (χ3n) is 2.92. The monoisotopic (exact) mass is 270 g/mol. The molecule has 18 heavy (non-hydrogen) atoms. The van der Waals surface area contributed by atoms with Gasteiger partial charge in [-0.1, -0.05) is 6.42 Å². The van der Waals surface area contributed by atoms with Crippen LogP contribution in [0.2, 0.25) is 0 Å². The van der Waals surface area contributed by atoms with Crippen molar-refractivity contribution in [3.05, 3.63) is 23.8 Å². The van der Waals surface area contributed by atoms with E-state index in [9.17, 15) is 8.42 Å². The van der Waals surface area contributed by atoms with Crippen LogP contribution in [-0.2, 0) is 16.8 Å². The Hall–Kier alpha value is -1.05. The number of nitrogens with one attached hydrogen (secondary N) is 1. The van der Waals surface area contributed by atoms with E-state index in [1.54, 1.807) is 19.2 Å². The molecule has 0 spiro atoms. The molecule has 1 fully saturated rings. The predicted octanol–water partition coefficient (Wildman–Crippen LogP) is 0.605. The van der Waals surface area contributed by atoms with Crippen LogP contribution in [0, 0.1) is 6.92 Å². The van der Waals surface area contributed by atoms with E-state index in [1.807, 2.05) is 0 Å². The first kappa shape index (κ1) is 13.4. The van der Waals surface area contributed by atoms with E-state index in [4.69, 9.17) is 0 Å². The summed E-state index contributed by atoms with van der Waals surface area (Å²) in [5.41, 5.74) is 0.683. The summed E-state index contributed by atoms with van der Waals surface area (Å²) < 4.78 is 28.1. The smallest absolute Gasteiger partial charge is 0.242 e. The van der Waals surface area contributed by atoms with E-state index in [-0.39, 0.29) is 6.54 Å². The maximum Gasteiger partial charge on any atom is 0.279 e. The minimum absolute atomic E-state index is 0.211. The third kappa shape index (κ3) is 3.47. The normalized spacial score (nSPS) is 17.8. The first-order valence-electron chi connectivity index (χ1n) is 6.11. The fourth-order valence-corrected chi connectivity index (χ4v) is 3.22. The van der Waals surface area contributed by atoms with Gasteiger partial charge in [0.1, 0.15) is 5.82 Å². The summed E-state index contributed by atoms with van der Waals surface area (Å²) in [7, 11) is -3.37. The molecule has 6 nitrogen and oxygen atoms in total.